The summed E-state index contributed by atoms with van der Waals surface area (Å²) < 4.78 is 9.26. The zero-order valence-corrected chi connectivity index (χ0v) is 13.8. The Morgan fingerprint density at radius 1 is 1.48 bits per heavy atom. The molecule has 3 heterocycles. The van der Waals surface area contributed by atoms with Gasteiger partial charge in [-0.2, -0.15) is 9.47 Å². The van der Waals surface area contributed by atoms with Crippen molar-refractivity contribution in [2.24, 2.45) is 0 Å². The largest absolute Gasteiger partial charge is 0.377 e. The Bertz CT molecular complexity index is 667. The topological polar surface area (TPSA) is 96.0 Å². The van der Waals surface area contributed by atoms with Crippen LogP contribution in [-0.4, -0.2) is 45.8 Å². The number of aromatic amines is 1. The lowest BCUT2D eigenvalue weighted by molar-refractivity contribution is 0.179. The number of nitrogens with zero attached hydrogens (tertiary/aromatic N) is 4. The highest BCUT2D eigenvalue weighted by molar-refractivity contribution is 7.09. The number of methoxy groups -OCH3 is 1. The van der Waals surface area contributed by atoms with Crippen molar-refractivity contribution in [2.45, 2.75) is 31.9 Å². The Kier molecular flexibility index (Phi) is 5.19. The minimum absolute atomic E-state index is 0.181. The van der Waals surface area contributed by atoms with E-state index in [1.165, 1.54) is 24.0 Å². The van der Waals surface area contributed by atoms with Gasteiger partial charge < -0.3 is 15.0 Å². The van der Waals surface area contributed by atoms with Crippen LogP contribution in [-0.2, 0) is 11.3 Å². The first-order chi connectivity index (χ1) is 11.3. The molecule has 1 fully saturated rings. The molecule has 2 N–H and O–H groups in total. The molecule has 0 aromatic carbocycles. The SMILES string of the molecule is COCc1nsc(NCC2CCCCN2c2ccc(=O)[nH]n2)n1. The number of nitrogens with one attached hydrogen (secondary N) is 2. The van der Waals surface area contributed by atoms with Gasteiger partial charge in [0.25, 0.3) is 5.56 Å². The molecular weight excluding hydrogens is 316 g/mol. The molecule has 0 saturated carbocycles. The quantitative estimate of drug-likeness (QED) is 0.819. The number of rotatable bonds is 6. The highest BCUT2D eigenvalue weighted by Crippen LogP contribution is 2.23. The molecule has 2 aromatic heterocycles. The van der Waals surface area contributed by atoms with E-state index in [4.69, 9.17) is 4.74 Å². The van der Waals surface area contributed by atoms with Crippen molar-refractivity contribution in [1.29, 1.82) is 0 Å². The molecule has 1 aliphatic heterocycles. The van der Waals surface area contributed by atoms with E-state index in [0.29, 0.717) is 18.5 Å². The molecule has 0 amide bonds. The van der Waals surface area contributed by atoms with Gasteiger partial charge in [-0.3, -0.25) is 4.79 Å². The van der Waals surface area contributed by atoms with E-state index in [1.807, 2.05) is 0 Å². The van der Waals surface area contributed by atoms with E-state index >= 15 is 0 Å². The molecule has 1 unspecified atom stereocenters. The number of hydrogen-bond acceptors (Lipinski definition) is 8. The van der Waals surface area contributed by atoms with Gasteiger partial charge in [-0.25, -0.2) is 10.1 Å². The average molecular weight is 336 g/mol. The van der Waals surface area contributed by atoms with E-state index in [2.05, 4.69) is 29.8 Å². The number of H-pyrrole nitrogens is 1. The first-order valence-electron chi connectivity index (χ1n) is 7.64. The Morgan fingerprint density at radius 2 is 2.39 bits per heavy atom. The second-order valence-corrected chi connectivity index (χ2v) is 6.20. The van der Waals surface area contributed by atoms with Crippen molar-refractivity contribution in [2.75, 3.05) is 30.4 Å². The van der Waals surface area contributed by atoms with Gasteiger partial charge in [0, 0.05) is 43.8 Å². The van der Waals surface area contributed by atoms with Gasteiger partial charge in [0.2, 0.25) is 5.13 Å². The summed E-state index contributed by atoms with van der Waals surface area (Å²) in [4.78, 5) is 17.8. The van der Waals surface area contributed by atoms with E-state index in [0.717, 1.165) is 36.9 Å². The van der Waals surface area contributed by atoms with Gasteiger partial charge >= 0.3 is 0 Å². The third-order valence-corrected chi connectivity index (χ3v) is 4.53. The molecule has 3 rings (SSSR count). The summed E-state index contributed by atoms with van der Waals surface area (Å²) >= 11 is 1.34. The third kappa shape index (κ3) is 4.05. The van der Waals surface area contributed by atoms with Crippen LogP contribution in [0.3, 0.4) is 0 Å². The van der Waals surface area contributed by atoms with Gasteiger partial charge in [-0.1, -0.05) is 0 Å². The van der Waals surface area contributed by atoms with Crippen LogP contribution >= 0.6 is 11.5 Å². The van der Waals surface area contributed by atoms with Crippen LogP contribution in [0.25, 0.3) is 0 Å². The highest BCUT2D eigenvalue weighted by atomic mass is 32.1. The molecule has 8 nitrogen and oxygen atoms in total. The maximum atomic E-state index is 11.2. The fraction of sp³-hybridized carbons (Fsp3) is 0.571. The van der Waals surface area contributed by atoms with Gasteiger partial charge in [-0.05, 0) is 25.3 Å². The van der Waals surface area contributed by atoms with Crippen molar-refractivity contribution in [3.63, 3.8) is 0 Å². The van der Waals surface area contributed by atoms with Crippen LogP contribution in [0, 0.1) is 0 Å². The summed E-state index contributed by atoms with van der Waals surface area (Å²) in [5.74, 6) is 1.51. The van der Waals surface area contributed by atoms with Gasteiger partial charge in [-0.15, -0.1) is 0 Å². The molecular formula is C14H20N6O2S. The third-order valence-electron chi connectivity index (χ3n) is 3.82. The fourth-order valence-electron chi connectivity index (χ4n) is 2.73. The molecule has 23 heavy (non-hydrogen) atoms. The molecule has 0 spiro atoms. The minimum Gasteiger partial charge on any atom is -0.377 e. The first-order valence-corrected chi connectivity index (χ1v) is 8.41. The second kappa shape index (κ2) is 7.51. The monoisotopic (exact) mass is 336 g/mol. The van der Waals surface area contributed by atoms with Crippen LogP contribution in [0.4, 0.5) is 10.9 Å². The molecule has 2 aromatic rings. The van der Waals surface area contributed by atoms with Crippen LogP contribution in [0.1, 0.15) is 25.1 Å². The average Bonchev–Trinajstić information content (AvgIpc) is 3.02. The van der Waals surface area contributed by atoms with Gasteiger partial charge in [0.1, 0.15) is 12.4 Å². The van der Waals surface area contributed by atoms with E-state index in [9.17, 15) is 4.79 Å². The van der Waals surface area contributed by atoms with Crippen LogP contribution in [0.15, 0.2) is 16.9 Å². The van der Waals surface area contributed by atoms with Gasteiger partial charge in [0.05, 0.1) is 0 Å². The molecule has 0 radical (unpaired) electrons. The maximum absolute atomic E-state index is 11.2. The molecule has 9 heteroatoms. The summed E-state index contributed by atoms with van der Waals surface area (Å²) in [5.41, 5.74) is -0.181. The minimum atomic E-state index is -0.181. The van der Waals surface area contributed by atoms with Crippen molar-refractivity contribution >= 4 is 22.5 Å². The zero-order chi connectivity index (χ0) is 16.1. The van der Waals surface area contributed by atoms with Crippen LogP contribution in [0.2, 0.25) is 0 Å². The summed E-state index contributed by atoms with van der Waals surface area (Å²) in [5, 5.41) is 10.8. The summed E-state index contributed by atoms with van der Waals surface area (Å²) in [6.45, 7) is 2.13. The number of aromatic nitrogens is 4. The van der Waals surface area contributed by atoms with Crippen molar-refractivity contribution in [3.8, 4) is 0 Å². The lowest BCUT2D eigenvalue weighted by Gasteiger charge is -2.36. The van der Waals surface area contributed by atoms with Crippen LogP contribution in [0.5, 0.6) is 0 Å². The lowest BCUT2D eigenvalue weighted by Crippen LogP contribution is -2.44. The highest BCUT2D eigenvalue weighted by Gasteiger charge is 2.24. The number of piperidine rings is 1. The Balaban J connectivity index is 1.64. The summed E-state index contributed by atoms with van der Waals surface area (Å²) in [6, 6.07) is 3.61. The zero-order valence-electron chi connectivity index (χ0n) is 13.0. The number of ether oxygens (including phenoxy) is 1. The summed E-state index contributed by atoms with van der Waals surface area (Å²) in [6.07, 6.45) is 3.41. The molecule has 1 saturated heterocycles. The Labute approximate surface area is 138 Å². The first kappa shape index (κ1) is 15.9. The van der Waals surface area contributed by atoms with Crippen molar-refractivity contribution < 1.29 is 4.74 Å². The van der Waals surface area contributed by atoms with E-state index in [-0.39, 0.29) is 5.56 Å². The van der Waals surface area contributed by atoms with Crippen molar-refractivity contribution in [3.05, 3.63) is 28.3 Å². The molecule has 1 aliphatic rings. The Morgan fingerprint density at radius 3 is 3.17 bits per heavy atom. The number of hydrogen-bond donors (Lipinski definition) is 2. The molecule has 1 atom stereocenters. The predicted molar refractivity (Wildman–Crippen MR) is 89.0 cm³/mol. The van der Waals surface area contributed by atoms with Crippen LogP contribution < -0.4 is 15.8 Å². The molecule has 0 bridgehead atoms. The fourth-order valence-corrected chi connectivity index (χ4v) is 3.31. The molecule has 0 aliphatic carbocycles. The lowest BCUT2D eigenvalue weighted by atomic mass is 10.0. The Hall–Kier alpha value is -2.00. The smallest absolute Gasteiger partial charge is 0.264 e. The maximum Gasteiger partial charge on any atom is 0.264 e. The van der Waals surface area contributed by atoms with Crippen molar-refractivity contribution in [1.82, 2.24) is 19.6 Å². The second-order valence-electron chi connectivity index (χ2n) is 5.45. The van der Waals surface area contributed by atoms with Gasteiger partial charge in [0.15, 0.2) is 5.82 Å². The number of anilines is 2. The van der Waals surface area contributed by atoms with E-state index in [1.54, 1.807) is 13.2 Å². The van der Waals surface area contributed by atoms with E-state index < -0.39 is 0 Å². The summed E-state index contributed by atoms with van der Waals surface area (Å²) in [7, 11) is 1.63. The predicted octanol–water partition coefficient (Wildman–Crippen LogP) is 1.24. The normalized spacial score (nSPS) is 18.1. The molecule has 124 valence electrons. The standard InChI is InChI=1S/C14H20N6O2S/c1-22-9-11-16-14(23-19-11)15-8-10-4-2-3-7-20(10)12-5-6-13(21)18-17-12/h5-6,10H,2-4,7-9H2,1H3,(H,18,21)(H,15,16,19).